The van der Waals surface area contributed by atoms with Crippen LogP contribution in [0.4, 0.5) is 0 Å². The van der Waals surface area contributed by atoms with Gasteiger partial charge in [0.05, 0.1) is 6.61 Å². The maximum Gasteiger partial charge on any atom is 0.330 e. The second-order valence-electron chi connectivity index (χ2n) is 9.77. The molecule has 4 aromatic carbocycles. The van der Waals surface area contributed by atoms with Crippen molar-refractivity contribution in [2.24, 2.45) is 0 Å². The first-order valence-electron chi connectivity index (χ1n) is 13.8. The van der Waals surface area contributed by atoms with Crippen molar-refractivity contribution in [1.82, 2.24) is 5.32 Å². The number of hydrogen-bond acceptors (Lipinski definition) is 11. The molecule has 0 aromatic heterocycles. The quantitative estimate of drug-likeness (QED) is 0.0687. The number of hydrogen-bond donors (Lipinski definition) is 9. The molecule has 0 saturated heterocycles. The van der Waals surface area contributed by atoms with E-state index >= 15 is 0 Å². The molecule has 0 aliphatic rings. The van der Waals surface area contributed by atoms with Crippen LogP contribution in [0.15, 0.2) is 84.9 Å². The van der Waals surface area contributed by atoms with E-state index < -0.39 is 5.97 Å². The van der Waals surface area contributed by atoms with Gasteiger partial charge in [0.2, 0.25) is 5.91 Å². The number of rotatable bonds is 10. The first-order chi connectivity index (χ1) is 21.9. The van der Waals surface area contributed by atoms with Crippen molar-refractivity contribution in [2.45, 2.75) is 12.8 Å². The fraction of sp³-hybridized carbons (Fsp3) is 0.118. The topological polar surface area (TPSA) is 217 Å². The van der Waals surface area contributed by atoms with Crippen LogP contribution in [0.2, 0.25) is 0 Å². The van der Waals surface area contributed by atoms with E-state index in [-0.39, 0.29) is 58.5 Å². The maximum atomic E-state index is 11.7. The van der Waals surface area contributed by atoms with Crippen molar-refractivity contribution in [3.05, 3.63) is 107 Å². The number of carbonyl (C=O) groups excluding carboxylic acids is 2. The SMILES string of the molecule is O=C(/C=C/c1ccc(O)c(O)c1)NCCc1ccc(O)c(O)c1.O=C(/C=C/c1ccc(O)c(O)c1)OCCc1ccc(O)c(O)c1. The van der Waals surface area contributed by atoms with Gasteiger partial charge in [-0.15, -0.1) is 0 Å². The molecule has 4 aromatic rings. The molecule has 46 heavy (non-hydrogen) atoms. The molecule has 12 heteroatoms. The summed E-state index contributed by atoms with van der Waals surface area (Å²) in [7, 11) is 0. The lowest BCUT2D eigenvalue weighted by atomic mass is 10.1. The van der Waals surface area contributed by atoms with Crippen molar-refractivity contribution in [3.8, 4) is 46.0 Å². The third-order valence-corrected chi connectivity index (χ3v) is 6.27. The van der Waals surface area contributed by atoms with E-state index in [0.29, 0.717) is 30.5 Å². The zero-order valence-corrected chi connectivity index (χ0v) is 24.4. The van der Waals surface area contributed by atoms with Crippen LogP contribution in [0.5, 0.6) is 46.0 Å². The molecular weight excluding hydrogens is 598 g/mol. The smallest absolute Gasteiger partial charge is 0.330 e. The number of ether oxygens (including phenoxy) is 1. The van der Waals surface area contributed by atoms with Gasteiger partial charge in [0.1, 0.15) is 0 Å². The average molecular weight is 632 g/mol. The molecule has 0 unspecified atom stereocenters. The van der Waals surface area contributed by atoms with Gasteiger partial charge in [0, 0.05) is 25.1 Å². The molecule has 4 rings (SSSR count). The second kappa shape index (κ2) is 16.5. The van der Waals surface area contributed by atoms with Crippen LogP contribution in [0.1, 0.15) is 22.3 Å². The zero-order chi connectivity index (χ0) is 33.6. The third kappa shape index (κ3) is 11.1. The Kier molecular flexibility index (Phi) is 12.3. The Bertz CT molecular complexity index is 1600. The van der Waals surface area contributed by atoms with Gasteiger partial charge < -0.3 is 50.9 Å². The first kappa shape index (κ1) is 34.2. The lowest BCUT2D eigenvalue weighted by molar-refractivity contribution is -0.137. The van der Waals surface area contributed by atoms with Crippen LogP contribution in [0, 0.1) is 0 Å². The number of aromatic hydroxyl groups is 8. The lowest BCUT2D eigenvalue weighted by Gasteiger charge is -2.04. The van der Waals surface area contributed by atoms with Gasteiger partial charge in [-0.05, 0) is 89.4 Å². The second-order valence-corrected chi connectivity index (χ2v) is 9.77. The monoisotopic (exact) mass is 631 g/mol. The van der Waals surface area contributed by atoms with E-state index in [0.717, 1.165) is 11.1 Å². The van der Waals surface area contributed by atoms with E-state index in [1.165, 1.54) is 78.9 Å². The van der Waals surface area contributed by atoms with Gasteiger partial charge in [-0.1, -0.05) is 24.3 Å². The molecule has 0 aliphatic heterocycles. The summed E-state index contributed by atoms with van der Waals surface area (Å²) in [5.41, 5.74) is 2.63. The lowest BCUT2D eigenvalue weighted by Crippen LogP contribution is -2.23. The maximum absolute atomic E-state index is 11.7. The molecule has 0 radical (unpaired) electrons. The number of nitrogens with one attached hydrogen (secondary N) is 1. The molecular formula is C34H33NO11. The van der Waals surface area contributed by atoms with Crippen molar-refractivity contribution in [3.63, 3.8) is 0 Å². The summed E-state index contributed by atoms with van der Waals surface area (Å²) in [5, 5.41) is 76.9. The number of phenols is 8. The van der Waals surface area contributed by atoms with Crippen molar-refractivity contribution >= 4 is 24.0 Å². The highest BCUT2D eigenvalue weighted by Crippen LogP contribution is 2.27. The minimum absolute atomic E-state index is 0.119. The standard InChI is InChI=1S/C17H17NO5.C17H16O6/c19-13-4-1-11(9-15(13)21)3-6-17(23)18-8-7-12-2-5-14(20)16(22)10-12;18-13-4-1-11(9-15(13)20)3-6-17(22)23-8-7-12-2-5-14(19)16(21)10-12/h1-6,9-10,19-22H,7-8H2,(H,18,23);1-6,9-10,18-21H,7-8H2/b2*6-3+. The summed E-state index contributed by atoms with van der Waals surface area (Å²) in [6.45, 7) is 0.489. The predicted molar refractivity (Wildman–Crippen MR) is 169 cm³/mol. The fourth-order valence-corrected chi connectivity index (χ4v) is 3.78. The van der Waals surface area contributed by atoms with Crippen LogP contribution >= 0.6 is 0 Å². The molecule has 0 spiro atoms. The largest absolute Gasteiger partial charge is 0.504 e. The molecule has 0 saturated carbocycles. The van der Waals surface area contributed by atoms with Crippen LogP contribution in [0.25, 0.3) is 12.2 Å². The minimum atomic E-state index is -0.555. The van der Waals surface area contributed by atoms with Gasteiger partial charge in [-0.25, -0.2) is 4.79 Å². The molecule has 0 heterocycles. The summed E-state index contributed by atoms with van der Waals surface area (Å²) in [5.74, 6) is -2.63. The first-order valence-corrected chi connectivity index (χ1v) is 13.8. The average Bonchev–Trinajstić information content (AvgIpc) is 3.02. The van der Waals surface area contributed by atoms with E-state index in [2.05, 4.69) is 5.32 Å². The normalized spacial score (nSPS) is 10.8. The van der Waals surface area contributed by atoms with Crippen molar-refractivity contribution < 1.29 is 55.2 Å². The molecule has 9 N–H and O–H groups in total. The molecule has 12 nitrogen and oxygen atoms in total. The highest BCUT2D eigenvalue weighted by Gasteiger charge is 2.05. The number of esters is 1. The van der Waals surface area contributed by atoms with Gasteiger partial charge >= 0.3 is 5.97 Å². The number of benzene rings is 4. The Hall–Kier alpha value is -6.30. The Morgan fingerprint density at radius 3 is 1.46 bits per heavy atom. The summed E-state index contributed by atoms with van der Waals surface area (Å²) in [6, 6.07) is 17.3. The Morgan fingerprint density at radius 1 is 0.543 bits per heavy atom. The molecule has 0 bridgehead atoms. The zero-order valence-electron chi connectivity index (χ0n) is 24.4. The number of amides is 1. The highest BCUT2D eigenvalue weighted by atomic mass is 16.5. The van der Waals surface area contributed by atoms with Gasteiger partial charge in [-0.3, -0.25) is 4.79 Å². The molecule has 1 amide bonds. The summed E-state index contributed by atoms with van der Waals surface area (Å²) in [6.07, 6.45) is 6.40. The van der Waals surface area contributed by atoms with E-state index in [9.17, 15) is 50.4 Å². The van der Waals surface area contributed by atoms with E-state index in [4.69, 9.17) is 4.74 Å². The van der Waals surface area contributed by atoms with Gasteiger partial charge in [-0.2, -0.15) is 0 Å². The minimum Gasteiger partial charge on any atom is -0.504 e. The number of carbonyl (C=O) groups is 2. The predicted octanol–water partition coefficient (Wildman–Crippen LogP) is 4.19. The van der Waals surface area contributed by atoms with Crippen molar-refractivity contribution in [2.75, 3.05) is 13.2 Å². The fourth-order valence-electron chi connectivity index (χ4n) is 3.78. The van der Waals surface area contributed by atoms with Gasteiger partial charge in [0.15, 0.2) is 46.0 Å². The molecule has 240 valence electrons. The Morgan fingerprint density at radius 2 is 0.978 bits per heavy atom. The van der Waals surface area contributed by atoms with E-state index in [1.807, 2.05) is 0 Å². The van der Waals surface area contributed by atoms with Crippen LogP contribution in [-0.2, 0) is 27.2 Å². The van der Waals surface area contributed by atoms with Crippen molar-refractivity contribution in [1.29, 1.82) is 0 Å². The summed E-state index contributed by atoms with van der Waals surface area (Å²) in [4.78, 5) is 23.2. The molecule has 0 fully saturated rings. The third-order valence-electron chi connectivity index (χ3n) is 6.27. The summed E-state index contributed by atoms with van der Waals surface area (Å²) >= 11 is 0. The van der Waals surface area contributed by atoms with Crippen LogP contribution < -0.4 is 5.32 Å². The molecule has 0 atom stereocenters. The van der Waals surface area contributed by atoms with Gasteiger partial charge in [0.25, 0.3) is 0 Å². The summed E-state index contributed by atoms with van der Waals surface area (Å²) < 4.78 is 5.01. The Labute approximate surface area is 263 Å². The van der Waals surface area contributed by atoms with Crippen LogP contribution in [0.3, 0.4) is 0 Å². The van der Waals surface area contributed by atoms with Crippen LogP contribution in [-0.4, -0.2) is 65.9 Å². The Balaban J connectivity index is 0.000000250. The molecule has 0 aliphatic carbocycles. The number of phenolic OH excluding ortho intramolecular Hbond substituents is 8. The van der Waals surface area contributed by atoms with E-state index in [1.54, 1.807) is 18.2 Å². The highest BCUT2D eigenvalue weighted by molar-refractivity contribution is 5.91.